The third kappa shape index (κ3) is 4.96. The molecule has 1 N–H and O–H groups in total. The van der Waals surface area contributed by atoms with Crippen LogP contribution in [0.15, 0.2) is 17.1 Å². The van der Waals surface area contributed by atoms with Crippen molar-refractivity contribution in [1.29, 1.82) is 5.26 Å². The number of halogens is 5. The monoisotopic (exact) mass is 483 g/mol. The van der Waals surface area contributed by atoms with E-state index in [4.69, 9.17) is 27.7 Å². The summed E-state index contributed by atoms with van der Waals surface area (Å²) in [5.74, 6) is -0.344. The lowest BCUT2D eigenvalue weighted by molar-refractivity contribution is -0.137. The van der Waals surface area contributed by atoms with Gasteiger partial charge >= 0.3 is 13.8 Å². The molecule has 8 nitrogen and oxygen atoms in total. The summed E-state index contributed by atoms with van der Waals surface area (Å²) in [7, 11) is -1.36. The molecule has 2 rings (SSSR count). The molecule has 0 bridgehead atoms. The Balaban J connectivity index is 2.90. The van der Waals surface area contributed by atoms with E-state index < -0.39 is 40.4 Å². The first-order valence-corrected chi connectivity index (χ1v) is 10.4. The summed E-state index contributed by atoms with van der Waals surface area (Å²) in [4.78, 5) is 15.8. The molecule has 0 aliphatic carbocycles. The van der Waals surface area contributed by atoms with Crippen molar-refractivity contribution in [2.24, 2.45) is 4.99 Å². The fourth-order valence-corrected chi connectivity index (χ4v) is 4.24. The molecule has 0 radical (unpaired) electrons. The second-order valence-corrected chi connectivity index (χ2v) is 8.54. The quantitative estimate of drug-likeness (QED) is 0.376. The van der Waals surface area contributed by atoms with Crippen LogP contribution in [0.3, 0.4) is 0 Å². The van der Waals surface area contributed by atoms with Crippen molar-refractivity contribution in [3.05, 3.63) is 33.4 Å². The normalized spacial score (nSPS) is 14.0. The molecule has 30 heavy (non-hydrogen) atoms. The lowest BCUT2D eigenvalue weighted by Gasteiger charge is -2.14. The summed E-state index contributed by atoms with van der Waals surface area (Å²) >= 11 is 12.1. The molecule has 0 aliphatic heterocycles. The van der Waals surface area contributed by atoms with Crippen LogP contribution >= 0.6 is 30.8 Å². The minimum atomic E-state index is -4.71. The largest absolute Gasteiger partial charge is 0.416 e. The first-order chi connectivity index (χ1) is 13.8. The molecule has 1 heterocycles. The Bertz CT molecular complexity index is 1060. The highest BCUT2D eigenvalue weighted by molar-refractivity contribution is 7.61. The van der Waals surface area contributed by atoms with Crippen LogP contribution in [0.4, 0.5) is 19.0 Å². The number of hydrogen-bond donors (Lipinski definition) is 1. The van der Waals surface area contributed by atoms with Crippen molar-refractivity contribution in [1.82, 2.24) is 14.7 Å². The van der Waals surface area contributed by atoms with Crippen molar-refractivity contribution >= 4 is 48.3 Å². The van der Waals surface area contributed by atoms with Gasteiger partial charge in [-0.1, -0.05) is 23.2 Å². The third-order valence-electron chi connectivity index (χ3n) is 3.50. The number of nitriles is 1. The van der Waals surface area contributed by atoms with Crippen molar-refractivity contribution in [3.63, 3.8) is 0 Å². The summed E-state index contributed by atoms with van der Waals surface area (Å²) in [6, 6.07) is 2.90. The van der Waals surface area contributed by atoms with E-state index in [0.29, 0.717) is 12.1 Å². The Morgan fingerprint density at radius 3 is 2.40 bits per heavy atom. The van der Waals surface area contributed by atoms with Crippen LogP contribution in [0.2, 0.25) is 10.0 Å². The van der Waals surface area contributed by atoms with Gasteiger partial charge in [-0.2, -0.15) is 23.5 Å². The van der Waals surface area contributed by atoms with E-state index in [1.807, 2.05) is 0 Å². The average molecular weight is 484 g/mol. The number of hydrogen-bond acceptors (Lipinski definition) is 5. The molecule has 2 aromatic rings. The summed E-state index contributed by atoms with van der Waals surface area (Å²) in [5.41, 5.74) is -1.88. The van der Waals surface area contributed by atoms with Gasteiger partial charge in [0.2, 0.25) is 0 Å². The molecule has 0 amide bonds. The average Bonchev–Trinajstić information content (AvgIpc) is 2.97. The molecule has 0 aliphatic rings. The molecular formula is C16H15Cl2F3N5O3P. The zero-order valence-corrected chi connectivity index (χ0v) is 18.2. The van der Waals surface area contributed by atoms with Gasteiger partial charge in [-0.15, -0.1) is 0 Å². The number of benzene rings is 1. The summed E-state index contributed by atoms with van der Waals surface area (Å²) in [6.45, 7) is 1.30. The maximum absolute atomic E-state index is 13.0. The van der Waals surface area contributed by atoms with Gasteiger partial charge in [0.25, 0.3) is 0 Å². The molecular weight excluding hydrogens is 469 g/mol. The Kier molecular flexibility index (Phi) is 7.22. The van der Waals surface area contributed by atoms with Gasteiger partial charge in [0.1, 0.15) is 17.1 Å². The maximum Gasteiger partial charge on any atom is 0.416 e. The van der Waals surface area contributed by atoms with E-state index in [0.717, 1.165) is 4.68 Å². The second kappa shape index (κ2) is 8.96. The Hall–Kier alpha value is -2.09. The fraction of sp³-hybridized carbons (Fsp3) is 0.312. The summed E-state index contributed by atoms with van der Waals surface area (Å²) < 4.78 is 57.5. The van der Waals surface area contributed by atoms with Gasteiger partial charge in [0, 0.05) is 14.1 Å². The van der Waals surface area contributed by atoms with E-state index in [9.17, 15) is 27.9 Å². The number of rotatable bonds is 6. The molecule has 0 fully saturated rings. The topological polar surface area (TPSA) is 104 Å². The number of alkyl halides is 3. The Labute approximate surface area is 179 Å². The number of aromatic nitrogens is 2. The summed E-state index contributed by atoms with van der Waals surface area (Å²) in [5, 5.41) is 11.9. The molecule has 0 saturated carbocycles. The molecule has 1 atom stereocenters. The predicted molar refractivity (Wildman–Crippen MR) is 106 cm³/mol. The summed E-state index contributed by atoms with van der Waals surface area (Å²) in [6.07, 6.45) is -3.48. The van der Waals surface area contributed by atoms with Crippen LogP contribution in [0.5, 0.6) is 0 Å². The molecule has 0 spiro atoms. The van der Waals surface area contributed by atoms with Crippen molar-refractivity contribution in [2.75, 3.05) is 20.7 Å². The lowest BCUT2D eigenvalue weighted by Crippen LogP contribution is -2.13. The van der Waals surface area contributed by atoms with Gasteiger partial charge in [-0.05, 0) is 19.1 Å². The van der Waals surface area contributed by atoms with Gasteiger partial charge in [-0.3, -0.25) is 4.57 Å². The standard InChI is InChI=1S/C16H15Cl2F3N5O3P/c1-4-29-30(27,28)14-12(7-22)24-26(15(14)23-8-25(2)3)13-10(17)5-9(6-11(13)18)16(19,20)21/h5-6,8H,4H2,1-3H3,(H,27,28). The van der Waals surface area contributed by atoms with Crippen LogP contribution < -0.4 is 5.30 Å². The van der Waals surface area contributed by atoms with Crippen LogP contribution in [-0.4, -0.2) is 46.6 Å². The highest BCUT2D eigenvalue weighted by Crippen LogP contribution is 2.46. The van der Waals surface area contributed by atoms with Gasteiger partial charge in [-0.25, -0.2) is 9.67 Å². The van der Waals surface area contributed by atoms with Gasteiger partial charge < -0.3 is 14.3 Å². The second-order valence-electron chi connectivity index (χ2n) is 5.98. The highest BCUT2D eigenvalue weighted by atomic mass is 35.5. The van der Waals surface area contributed by atoms with Crippen LogP contribution in [-0.2, 0) is 15.3 Å². The van der Waals surface area contributed by atoms with Crippen LogP contribution in [0.1, 0.15) is 18.2 Å². The van der Waals surface area contributed by atoms with E-state index in [2.05, 4.69) is 10.1 Å². The lowest BCUT2D eigenvalue weighted by atomic mass is 10.2. The smallest absolute Gasteiger partial charge is 0.369 e. The molecule has 14 heteroatoms. The SMILES string of the molecule is CCOP(=O)(O)c1c(C#N)nn(-c2c(Cl)cc(C(F)(F)F)cc2Cl)c1N=CN(C)C. The minimum Gasteiger partial charge on any atom is -0.369 e. The first-order valence-electron chi connectivity index (χ1n) is 8.11. The molecule has 1 aromatic heterocycles. The maximum atomic E-state index is 13.0. The zero-order chi connectivity index (χ0) is 22.9. The molecule has 162 valence electrons. The van der Waals surface area contributed by atoms with Crippen molar-refractivity contribution in [3.8, 4) is 11.8 Å². The molecule has 1 unspecified atom stereocenters. The third-order valence-corrected chi connectivity index (χ3v) is 5.66. The van der Waals surface area contributed by atoms with Crippen LogP contribution in [0, 0.1) is 11.3 Å². The zero-order valence-electron chi connectivity index (χ0n) is 15.8. The minimum absolute atomic E-state index is 0.164. The number of nitrogens with zero attached hydrogens (tertiary/aromatic N) is 5. The van der Waals surface area contributed by atoms with E-state index in [1.165, 1.54) is 18.2 Å². The molecule has 1 aromatic carbocycles. The predicted octanol–water partition coefficient (Wildman–Crippen LogP) is 4.14. The van der Waals surface area contributed by atoms with Crippen molar-refractivity contribution < 1.29 is 27.2 Å². The molecule has 0 saturated heterocycles. The number of aliphatic imine (C=N–C) groups is 1. The fourth-order valence-electron chi connectivity index (χ4n) is 2.35. The van der Waals surface area contributed by atoms with Gasteiger partial charge in [0.05, 0.1) is 28.6 Å². The first kappa shape index (κ1) is 24.2. The Morgan fingerprint density at radius 2 is 1.97 bits per heavy atom. The van der Waals surface area contributed by atoms with Crippen molar-refractivity contribution in [2.45, 2.75) is 13.1 Å². The van der Waals surface area contributed by atoms with E-state index in [1.54, 1.807) is 20.2 Å². The van der Waals surface area contributed by atoms with E-state index in [-0.39, 0.29) is 18.1 Å². The Morgan fingerprint density at radius 1 is 1.40 bits per heavy atom. The van der Waals surface area contributed by atoms with Gasteiger partial charge in [0.15, 0.2) is 11.5 Å². The highest BCUT2D eigenvalue weighted by Gasteiger charge is 2.37. The van der Waals surface area contributed by atoms with E-state index >= 15 is 0 Å². The van der Waals surface area contributed by atoms with Crippen LogP contribution in [0.25, 0.3) is 5.69 Å².